The molecule has 0 bridgehead atoms. The summed E-state index contributed by atoms with van der Waals surface area (Å²) < 4.78 is 0. The number of hydrogen-bond donors (Lipinski definition) is 1. The second-order valence-electron chi connectivity index (χ2n) is 3.29. The minimum atomic E-state index is -1.21. The lowest BCUT2D eigenvalue weighted by Gasteiger charge is -2.51. The van der Waals surface area contributed by atoms with Gasteiger partial charge in [-0.2, -0.15) is 0 Å². The van der Waals surface area contributed by atoms with E-state index in [-0.39, 0.29) is 11.3 Å². The molecule has 5 heteroatoms. The first kappa shape index (κ1) is 8.62. The Balaban J connectivity index is 2.31. The van der Waals surface area contributed by atoms with E-state index in [0.717, 1.165) is 5.75 Å². The van der Waals surface area contributed by atoms with Crippen LogP contribution in [-0.4, -0.2) is 33.0 Å². The minimum absolute atomic E-state index is 0.220. The van der Waals surface area contributed by atoms with Gasteiger partial charge < -0.3 is 10.0 Å². The Hall–Kier alpha value is -0.970. The highest BCUT2D eigenvalue weighted by Crippen LogP contribution is 2.47. The number of amides is 1. The maximum absolute atomic E-state index is 11.4. The normalized spacial score (nSPS) is 36.8. The van der Waals surface area contributed by atoms with Crippen LogP contribution in [0.25, 0.3) is 0 Å². The molecule has 0 radical (unpaired) electrons. The number of carbonyl (C=O) groups excluding carboxylic acids is 1. The summed E-state index contributed by atoms with van der Waals surface area (Å²) in [5.41, 5.74) is -1.21. The van der Waals surface area contributed by atoms with Crippen molar-refractivity contribution in [2.75, 3.05) is 5.75 Å². The SMILES string of the molecule is C[C@]1(C(=O)O)C(=O)N2C=CCS[C@@H]21. The largest absolute Gasteiger partial charge is 0.480 e. The van der Waals surface area contributed by atoms with Crippen LogP contribution in [0.2, 0.25) is 0 Å². The molecule has 2 aliphatic rings. The molecule has 4 nitrogen and oxygen atoms in total. The number of carbonyl (C=O) groups is 2. The number of nitrogens with zero attached hydrogens (tertiary/aromatic N) is 1. The molecule has 2 rings (SSSR count). The second-order valence-corrected chi connectivity index (χ2v) is 4.40. The van der Waals surface area contributed by atoms with Gasteiger partial charge in [0.15, 0.2) is 5.41 Å². The van der Waals surface area contributed by atoms with Crippen LogP contribution in [0, 0.1) is 5.41 Å². The average molecular weight is 199 g/mol. The van der Waals surface area contributed by atoms with Gasteiger partial charge in [-0.3, -0.25) is 9.59 Å². The molecule has 2 aliphatic heterocycles. The minimum Gasteiger partial charge on any atom is -0.480 e. The van der Waals surface area contributed by atoms with Crippen LogP contribution in [0.1, 0.15) is 6.92 Å². The third-order valence-electron chi connectivity index (χ3n) is 2.49. The molecule has 1 amide bonds. The summed E-state index contributed by atoms with van der Waals surface area (Å²) in [6.45, 7) is 1.49. The van der Waals surface area contributed by atoms with Gasteiger partial charge in [-0.1, -0.05) is 6.08 Å². The zero-order valence-corrected chi connectivity index (χ0v) is 7.87. The topological polar surface area (TPSA) is 57.6 Å². The van der Waals surface area contributed by atoms with Crippen molar-refractivity contribution < 1.29 is 14.7 Å². The standard InChI is InChI=1S/C8H9NO3S/c1-8(7(11)12)5(10)9-3-2-4-13-6(8)9/h2-3,6H,4H2,1H3,(H,11,12)/t6-,8+/m1/s1. The summed E-state index contributed by atoms with van der Waals surface area (Å²) in [5, 5.41) is 8.70. The van der Waals surface area contributed by atoms with E-state index < -0.39 is 11.4 Å². The number of carboxylic acids is 1. The third-order valence-corrected chi connectivity index (χ3v) is 3.89. The molecule has 0 spiro atoms. The van der Waals surface area contributed by atoms with Crippen LogP contribution >= 0.6 is 11.8 Å². The lowest BCUT2D eigenvalue weighted by Crippen LogP contribution is -2.68. The number of fused-ring (bicyclic) bond motifs is 1. The van der Waals surface area contributed by atoms with E-state index >= 15 is 0 Å². The molecule has 0 saturated carbocycles. The molecule has 2 heterocycles. The summed E-state index contributed by atoms with van der Waals surface area (Å²) in [7, 11) is 0. The van der Waals surface area contributed by atoms with Crippen molar-refractivity contribution in [2.24, 2.45) is 5.41 Å². The Bertz CT molecular complexity index is 315. The second kappa shape index (κ2) is 2.51. The van der Waals surface area contributed by atoms with Crippen molar-refractivity contribution >= 4 is 23.6 Å². The first-order valence-corrected chi connectivity index (χ1v) is 4.98. The van der Waals surface area contributed by atoms with Gasteiger partial charge in [0.05, 0.1) is 0 Å². The van der Waals surface area contributed by atoms with Crippen LogP contribution in [0.5, 0.6) is 0 Å². The number of carboxylic acid groups (broad SMARTS) is 1. The monoisotopic (exact) mass is 199 g/mol. The van der Waals surface area contributed by atoms with E-state index in [0.29, 0.717) is 0 Å². The molecule has 0 unspecified atom stereocenters. The lowest BCUT2D eigenvalue weighted by molar-refractivity contribution is -0.173. The molecular weight excluding hydrogens is 190 g/mol. The van der Waals surface area contributed by atoms with Crippen LogP contribution in [0.4, 0.5) is 0 Å². The summed E-state index contributed by atoms with van der Waals surface area (Å²) in [6.07, 6.45) is 3.54. The van der Waals surface area contributed by atoms with Crippen molar-refractivity contribution in [3.8, 4) is 0 Å². The van der Waals surface area contributed by atoms with Crippen LogP contribution in [-0.2, 0) is 9.59 Å². The third kappa shape index (κ3) is 0.877. The number of rotatable bonds is 1. The number of aliphatic carboxylic acids is 1. The van der Waals surface area contributed by atoms with Gasteiger partial charge in [0.2, 0.25) is 5.91 Å². The first-order valence-electron chi connectivity index (χ1n) is 3.93. The maximum atomic E-state index is 11.4. The van der Waals surface area contributed by atoms with Gasteiger partial charge in [-0.15, -0.1) is 11.8 Å². The van der Waals surface area contributed by atoms with Crippen molar-refractivity contribution in [1.82, 2.24) is 4.90 Å². The Morgan fingerprint density at radius 1 is 1.85 bits per heavy atom. The summed E-state index contributed by atoms with van der Waals surface area (Å²) in [6, 6.07) is 0. The summed E-state index contributed by atoms with van der Waals surface area (Å²) in [5.74, 6) is -0.563. The Morgan fingerprint density at radius 3 is 3.15 bits per heavy atom. The van der Waals surface area contributed by atoms with E-state index in [1.165, 1.54) is 23.6 Å². The van der Waals surface area contributed by atoms with Crippen LogP contribution in [0.15, 0.2) is 12.3 Å². The highest BCUT2D eigenvalue weighted by atomic mass is 32.2. The van der Waals surface area contributed by atoms with Crippen molar-refractivity contribution in [2.45, 2.75) is 12.3 Å². The Kier molecular flexibility index (Phi) is 1.66. The zero-order valence-electron chi connectivity index (χ0n) is 7.06. The highest BCUT2D eigenvalue weighted by molar-refractivity contribution is 8.00. The molecule has 0 aromatic carbocycles. The van der Waals surface area contributed by atoms with E-state index in [1.54, 1.807) is 6.20 Å². The fourth-order valence-corrected chi connectivity index (χ4v) is 2.83. The quantitative estimate of drug-likeness (QED) is 0.493. The fourth-order valence-electron chi connectivity index (χ4n) is 1.59. The van der Waals surface area contributed by atoms with Gasteiger partial charge in [0, 0.05) is 12.0 Å². The zero-order chi connectivity index (χ0) is 9.64. The molecule has 1 N–H and O–H groups in total. The van der Waals surface area contributed by atoms with Gasteiger partial charge in [0.25, 0.3) is 0 Å². The van der Waals surface area contributed by atoms with E-state index in [1.807, 2.05) is 6.08 Å². The van der Waals surface area contributed by atoms with E-state index in [2.05, 4.69) is 0 Å². The molecular formula is C8H9NO3S. The number of β-lactam (4-membered cyclic amide) rings is 1. The molecule has 0 aromatic heterocycles. The fraction of sp³-hybridized carbons (Fsp3) is 0.500. The van der Waals surface area contributed by atoms with Crippen LogP contribution < -0.4 is 0 Å². The Labute approximate surface area is 79.6 Å². The van der Waals surface area contributed by atoms with Gasteiger partial charge in [0.1, 0.15) is 5.37 Å². The van der Waals surface area contributed by atoms with E-state index in [4.69, 9.17) is 5.11 Å². The summed E-state index contributed by atoms with van der Waals surface area (Å²) in [4.78, 5) is 23.8. The highest BCUT2D eigenvalue weighted by Gasteiger charge is 2.63. The molecule has 1 fully saturated rings. The number of thioether (sulfide) groups is 1. The van der Waals surface area contributed by atoms with Crippen molar-refractivity contribution in [3.05, 3.63) is 12.3 Å². The lowest BCUT2D eigenvalue weighted by atomic mass is 9.80. The average Bonchev–Trinajstić information content (AvgIpc) is 2.15. The summed E-state index contributed by atoms with van der Waals surface area (Å²) >= 11 is 1.49. The molecule has 70 valence electrons. The maximum Gasteiger partial charge on any atom is 0.322 e. The van der Waals surface area contributed by atoms with Gasteiger partial charge in [-0.05, 0) is 6.92 Å². The van der Waals surface area contributed by atoms with Gasteiger partial charge in [-0.25, -0.2) is 0 Å². The van der Waals surface area contributed by atoms with Crippen molar-refractivity contribution in [1.29, 1.82) is 0 Å². The smallest absolute Gasteiger partial charge is 0.322 e. The van der Waals surface area contributed by atoms with Crippen molar-refractivity contribution in [3.63, 3.8) is 0 Å². The molecule has 2 atom stereocenters. The predicted molar refractivity (Wildman–Crippen MR) is 48.0 cm³/mol. The van der Waals surface area contributed by atoms with E-state index in [9.17, 15) is 9.59 Å². The molecule has 13 heavy (non-hydrogen) atoms. The van der Waals surface area contributed by atoms with Crippen LogP contribution in [0.3, 0.4) is 0 Å². The number of hydrogen-bond acceptors (Lipinski definition) is 3. The first-order chi connectivity index (χ1) is 6.08. The molecule has 0 aliphatic carbocycles. The molecule has 1 saturated heterocycles. The predicted octanol–water partition coefficient (Wildman–Crippen LogP) is 0.506. The molecule has 0 aromatic rings. The van der Waals surface area contributed by atoms with Gasteiger partial charge >= 0.3 is 5.97 Å². The Morgan fingerprint density at radius 2 is 2.54 bits per heavy atom.